The van der Waals surface area contributed by atoms with Gasteiger partial charge in [-0.2, -0.15) is 0 Å². The summed E-state index contributed by atoms with van der Waals surface area (Å²) in [7, 11) is 0. The number of para-hydroxylation sites is 1. The summed E-state index contributed by atoms with van der Waals surface area (Å²) in [5.41, 5.74) is 1.000. The Bertz CT molecular complexity index is 765. The highest BCUT2D eigenvalue weighted by molar-refractivity contribution is 6.00. The zero-order valence-electron chi connectivity index (χ0n) is 13.4. The van der Waals surface area contributed by atoms with E-state index in [9.17, 15) is 19.7 Å². The molecule has 24 heavy (non-hydrogen) atoms. The number of hydrogen-bond donors (Lipinski definition) is 0. The number of Topliss-reactive ketones (excluding diaryl/α,β-unsaturated/α-hetero) is 1. The van der Waals surface area contributed by atoms with Gasteiger partial charge in [0, 0.05) is 11.6 Å². The standard InChI is InChI=1S/C18H17NO5/c1-12(2)13-7-9-14(10-8-13)17(20)11-24-18(21)15-5-3-4-6-16(15)19(22)23/h3-10,12H,11H2,1-2H3. The lowest BCUT2D eigenvalue weighted by molar-refractivity contribution is -0.385. The summed E-state index contributed by atoms with van der Waals surface area (Å²) in [6.07, 6.45) is 0. The van der Waals surface area contributed by atoms with Crippen LogP contribution < -0.4 is 0 Å². The zero-order valence-corrected chi connectivity index (χ0v) is 13.4. The van der Waals surface area contributed by atoms with Gasteiger partial charge < -0.3 is 4.74 Å². The van der Waals surface area contributed by atoms with Crippen LogP contribution in [0.15, 0.2) is 48.5 Å². The van der Waals surface area contributed by atoms with Crippen LogP contribution in [0.25, 0.3) is 0 Å². The summed E-state index contributed by atoms with van der Waals surface area (Å²) >= 11 is 0. The predicted octanol–water partition coefficient (Wildman–Crippen LogP) is 3.76. The van der Waals surface area contributed by atoms with Crippen molar-refractivity contribution in [3.05, 3.63) is 75.3 Å². The average molecular weight is 327 g/mol. The lowest BCUT2D eigenvalue weighted by Crippen LogP contribution is -2.15. The van der Waals surface area contributed by atoms with Crippen molar-refractivity contribution in [2.75, 3.05) is 6.61 Å². The predicted molar refractivity (Wildman–Crippen MR) is 88.2 cm³/mol. The summed E-state index contributed by atoms with van der Waals surface area (Å²) in [5, 5.41) is 10.9. The molecule has 0 saturated carbocycles. The summed E-state index contributed by atoms with van der Waals surface area (Å²) < 4.78 is 4.92. The maximum atomic E-state index is 12.1. The quantitative estimate of drug-likeness (QED) is 0.349. The van der Waals surface area contributed by atoms with Gasteiger partial charge in [0.1, 0.15) is 5.56 Å². The van der Waals surface area contributed by atoms with Crippen molar-refractivity contribution in [3.8, 4) is 0 Å². The van der Waals surface area contributed by atoms with E-state index in [1.165, 1.54) is 24.3 Å². The summed E-state index contributed by atoms with van der Waals surface area (Å²) in [4.78, 5) is 34.3. The van der Waals surface area contributed by atoms with Gasteiger partial charge in [-0.05, 0) is 17.5 Å². The van der Waals surface area contributed by atoms with Gasteiger partial charge in [-0.25, -0.2) is 4.79 Å². The molecule has 0 N–H and O–H groups in total. The molecule has 124 valence electrons. The van der Waals surface area contributed by atoms with E-state index in [4.69, 9.17) is 4.74 Å². The fourth-order valence-corrected chi connectivity index (χ4v) is 2.15. The van der Waals surface area contributed by atoms with Gasteiger partial charge in [0.15, 0.2) is 12.4 Å². The SMILES string of the molecule is CC(C)c1ccc(C(=O)COC(=O)c2ccccc2[N+](=O)[O-])cc1. The molecule has 0 saturated heterocycles. The summed E-state index contributed by atoms with van der Waals surface area (Å²) in [6, 6.07) is 12.5. The topological polar surface area (TPSA) is 86.5 Å². The second kappa shape index (κ2) is 7.50. The number of ketones is 1. The zero-order chi connectivity index (χ0) is 17.7. The lowest BCUT2D eigenvalue weighted by atomic mass is 10.0. The molecular formula is C18H17NO5. The lowest BCUT2D eigenvalue weighted by Gasteiger charge is -2.07. The van der Waals surface area contributed by atoms with Crippen molar-refractivity contribution < 1.29 is 19.2 Å². The Morgan fingerprint density at radius 3 is 2.29 bits per heavy atom. The smallest absolute Gasteiger partial charge is 0.345 e. The fourth-order valence-electron chi connectivity index (χ4n) is 2.15. The average Bonchev–Trinajstić information content (AvgIpc) is 2.59. The fraction of sp³-hybridized carbons (Fsp3) is 0.222. The monoisotopic (exact) mass is 327 g/mol. The maximum Gasteiger partial charge on any atom is 0.345 e. The third-order valence-corrected chi connectivity index (χ3v) is 3.55. The Balaban J connectivity index is 2.04. The highest BCUT2D eigenvalue weighted by Gasteiger charge is 2.21. The first kappa shape index (κ1) is 17.3. The maximum absolute atomic E-state index is 12.1. The molecule has 6 heteroatoms. The molecule has 0 aliphatic heterocycles. The third-order valence-electron chi connectivity index (χ3n) is 3.55. The van der Waals surface area contributed by atoms with Crippen LogP contribution >= 0.6 is 0 Å². The van der Waals surface area contributed by atoms with Crippen molar-refractivity contribution in [1.29, 1.82) is 0 Å². The van der Waals surface area contributed by atoms with Gasteiger partial charge in [0.05, 0.1) is 4.92 Å². The molecule has 0 atom stereocenters. The molecule has 0 amide bonds. The first-order chi connectivity index (χ1) is 11.4. The number of nitrogens with zero attached hydrogens (tertiary/aromatic N) is 1. The molecule has 0 radical (unpaired) electrons. The third kappa shape index (κ3) is 4.04. The van der Waals surface area contributed by atoms with E-state index in [0.29, 0.717) is 11.5 Å². The van der Waals surface area contributed by atoms with Gasteiger partial charge in [0.25, 0.3) is 5.69 Å². The van der Waals surface area contributed by atoms with Crippen molar-refractivity contribution in [1.82, 2.24) is 0 Å². The summed E-state index contributed by atoms with van der Waals surface area (Å²) in [6.45, 7) is 3.63. The molecule has 6 nitrogen and oxygen atoms in total. The molecule has 0 aliphatic carbocycles. The van der Waals surface area contributed by atoms with Crippen LogP contribution in [0.3, 0.4) is 0 Å². The Kier molecular flexibility index (Phi) is 5.42. The Morgan fingerprint density at radius 1 is 1.08 bits per heavy atom. The number of nitro benzene ring substituents is 1. The molecule has 0 heterocycles. The summed E-state index contributed by atoms with van der Waals surface area (Å²) in [5.74, 6) is -0.905. The van der Waals surface area contributed by atoms with Crippen LogP contribution in [0.2, 0.25) is 0 Å². The van der Waals surface area contributed by atoms with Crippen LogP contribution in [-0.2, 0) is 4.74 Å². The Hall–Kier alpha value is -3.02. The van der Waals surface area contributed by atoms with Crippen molar-refractivity contribution in [2.45, 2.75) is 19.8 Å². The van der Waals surface area contributed by atoms with Crippen molar-refractivity contribution in [3.63, 3.8) is 0 Å². The van der Waals surface area contributed by atoms with Crippen LogP contribution in [0, 0.1) is 10.1 Å². The minimum Gasteiger partial charge on any atom is -0.454 e. The van der Waals surface area contributed by atoms with Gasteiger partial charge in [-0.1, -0.05) is 50.2 Å². The minimum absolute atomic E-state index is 0.176. The van der Waals surface area contributed by atoms with Gasteiger partial charge in [-0.15, -0.1) is 0 Å². The van der Waals surface area contributed by atoms with Crippen LogP contribution in [0.1, 0.15) is 46.0 Å². The van der Waals surface area contributed by atoms with E-state index in [2.05, 4.69) is 0 Å². The molecule has 0 aliphatic rings. The number of rotatable bonds is 6. The van der Waals surface area contributed by atoms with E-state index >= 15 is 0 Å². The number of esters is 1. The number of carbonyl (C=O) groups is 2. The van der Waals surface area contributed by atoms with E-state index in [1.54, 1.807) is 12.1 Å². The first-order valence-corrected chi connectivity index (χ1v) is 7.44. The molecule has 0 bridgehead atoms. The normalized spacial score (nSPS) is 10.5. The molecule has 2 rings (SSSR count). The van der Waals surface area contributed by atoms with Gasteiger partial charge >= 0.3 is 5.97 Å². The number of hydrogen-bond acceptors (Lipinski definition) is 5. The van der Waals surface area contributed by atoms with E-state index in [1.807, 2.05) is 26.0 Å². The minimum atomic E-state index is -0.894. The second-order valence-corrected chi connectivity index (χ2v) is 5.55. The van der Waals surface area contributed by atoms with Crippen LogP contribution in [-0.4, -0.2) is 23.3 Å². The largest absolute Gasteiger partial charge is 0.454 e. The van der Waals surface area contributed by atoms with Crippen LogP contribution in [0.5, 0.6) is 0 Å². The molecule has 2 aromatic carbocycles. The Labute approximate surface area is 139 Å². The Morgan fingerprint density at radius 2 is 1.71 bits per heavy atom. The first-order valence-electron chi connectivity index (χ1n) is 7.44. The van der Waals surface area contributed by atoms with Gasteiger partial charge in [-0.3, -0.25) is 14.9 Å². The second-order valence-electron chi connectivity index (χ2n) is 5.55. The molecular weight excluding hydrogens is 310 g/mol. The highest BCUT2D eigenvalue weighted by atomic mass is 16.6. The molecule has 0 aromatic heterocycles. The van der Waals surface area contributed by atoms with Crippen molar-refractivity contribution in [2.24, 2.45) is 0 Å². The molecule has 0 spiro atoms. The van der Waals surface area contributed by atoms with Gasteiger partial charge in [0.2, 0.25) is 0 Å². The van der Waals surface area contributed by atoms with E-state index in [-0.39, 0.29) is 17.0 Å². The number of benzene rings is 2. The number of carbonyl (C=O) groups excluding carboxylic acids is 2. The highest BCUT2D eigenvalue weighted by Crippen LogP contribution is 2.19. The molecule has 2 aromatic rings. The molecule has 0 fully saturated rings. The van der Waals surface area contributed by atoms with Crippen LogP contribution in [0.4, 0.5) is 5.69 Å². The van der Waals surface area contributed by atoms with Crippen molar-refractivity contribution >= 4 is 17.4 Å². The number of nitro groups is 1. The number of ether oxygens (including phenoxy) is 1. The van der Waals surface area contributed by atoms with E-state index in [0.717, 1.165) is 5.56 Å². The van der Waals surface area contributed by atoms with E-state index < -0.39 is 17.5 Å². The molecule has 0 unspecified atom stereocenters.